The molecular formula is C40H94O13. The van der Waals surface area contributed by atoms with Crippen molar-refractivity contribution in [3.63, 3.8) is 0 Å². The van der Waals surface area contributed by atoms with Gasteiger partial charge in [0.05, 0.1) is 79.3 Å². The lowest BCUT2D eigenvalue weighted by Gasteiger charge is -2.05. The van der Waals surface area contributed by atoms with E-state index in [-0.39, 0.29) is 0 Å². The third-order valence-electron chi connectivity index (χ3n) is 5.11. The minimum Gasteiger partial charge on any atom is -0.385 e. The van der Waals surface area contributed by atoms with Crippen LogP contribution in [0, 0.1) is 0 Å². The van der Waals surface area contributed by atoms with E-state index in [0.717, 1.165) is 98.2 Å². The van der Waals surface area contributed by atoms with Crippen LogP contribution in [0.15, 0.2) is 0 Å². The second-order valence-corrected chi connectivity index (χ2v) is 10.2. The third-order valence-corrected chi connectivity index (χ3v) is 5.11. The Hall–Kier alpha value is -0.520. The molecule has 0 aromatic rings. The van der Waals surface area contributed by atoms with Crippen molar-refractivity contribution in [1.82, 2.24) is 0 Å². The molecule has 332 valence electrons. The van der Waals surface area contributed by atoms with Gasteiger partial charge in [-0.15, -0.1) is 0 Å². The van der Waals surface area contributed by atoms with Gasteiger partial charge < -0.3 is 61.6 Å². The van der Waals surface area contributed by atoms with Crippen LogP contribution in [-0.2, 0) is 61.6 Å². The molecule has 0 bridgehead atoms. The maximum atomic E-state index is 5.27. The molecule has 0 aromatic carbocycles. The van der Waals surface area contributed by atoms with E-state index in [2.05, 4.69) is 39.4 Å². The first-order chi connectivity index (χ1) is 25.9. The predicted octanol–water partition coefficient (Wildman–Crippen LogP) is 7.40. The standard InChI is InChI=1S/C10H22O4.C8H18O3.C6H14O2.C5H12O.2C4H10O.C3H8O/c1-3-4-12-7-8-14-10-9-13-6-5-11-2;1-3-4-10-7-8-11-6-5-9-2;1-3-4-8-6-5-7-2;1-3-5-6-4-2;1-3-4-5-2;1-3-5-4-2;1-3-4-2/h3-10H2,1-2H3;3-8H2,1-2H3;3-6H2,1-2H3;3-5H2,1-2H3;2*3-4H2,1-2H3;3H2,1-2H3. The van der Waals surface area contributed by atoms with Gasteiger partial charge in [0.25, 0.3) is 0 Å². The summed E-state index contributed by atoms with van der Waals surface area (Å²) in [5.41, 5.74) is 0. The fourth-order valence-electron chi connectivity index (χ4n) is 2.52. The SMILES string of the molecule is CCCOC.CCCOCC.CCCOCCOC.CCCOCCOCCOC.CCCOCCOCCOCCOC.CCOC.CCOCC. The van der Waals surface area contributed by atoms with Crippen LogP contribution in [0.2, 0.25) is 0 Å². The van der Waals surface area contributed by atoms with Gasteiger partial charge in [-0.05, 0) is 59.8 Å². The summed E-state index contributed by atoms with van der Waals surface area (Å²) in [5.74, 6) is 0. The Balaban J connectivity index is -0.0000000976. The summed E-state index contributed by atoms with van der Waals surface area (Å²) in [4.78, 5) is 0. The molecule has 0 N–H and O–H groups in total. The first-order valence-corrected chi connectivity index (χ1v) is 20.0. The average Bonchev–Trinajstić information content (AvgIpc) is 3.18. The van der Waals surface area contributed by atoms with E-state index >= 15 is 0 Å². The predicted molar refractivity (Wildman–Crippen MR) is 220 cm³/mol. The molecule has 0 saturated heterocycles. The Morgan fingerprint density at radius 1 is 0.189 bits per heavy atom. The lowest BCUT2D eigenvalue weighted by molar-refractivity contribution is 0.00377. The second kappa shape index (κ2) is 88.6. The Labute approximate surface area is 329 Å². The van der Waals surface area contributed by atoms with E-state index < -0.39 is 0 Å². The number of methoxy groups -OCH3 is 5. The average molecular weight is 783 g/mol. The normalized spacial score (nSPS) is 9.62. The Morgan fingerprint density at radius 2 is 0.396 bits per heavy atom. The highest BCUT2D eigenvalue weighted by Crippen LogP contribution is 1.84. The van der Waals surface area contributed by atoms with Gasteiger partial charge in [-0.3, -0.25) is 0 Å². The molecule has 0 heterocycles. The van der Waals surface area contributed by atoms with Crippen LogP contribution < -0.4 is 0 Å². The first kappa shape index (κ1) is 67.2. The molecule has 0 saturated carbocycles. The van der Waals surface area contributed by atoms with Gasteiger partial charge in [0.1, 0.15) is 0 Å². The summed E-state index contributed by atoms with van der Waals surface area (Å²) < 4.78 is 64.6. The second-order valence-electron chi connectivity index (χ2n) is 10.2. The molecule has 0 unspecified atom stereocenters. The number of rotatable bonds is 32. The minimum atomic E-state index is 0.622. The quantitative estimate of drug-likeness (QED) is 0.0631. The van der Waals surface area contributed by atoms with Gasteiger partial charge in [-0.1, -0.05) is 34.6 Å². The molecule has 0 amide bonds. The summed E-state index contributed by atoms with van der Waals surface area (Å²) in [6.45, 7) is 34.0. The molecule has 0 aliphatic heterocycles. The molecule has 0 fully saturated rings. The summed E-state index contributed by atoms with van der Waals surface area (Å²) >= 11 is 0. The maximum Gasteiger partial charge on any atom is 0.0701 e. The molecule has 13 nitrogen and oxygen atoms in total. The van der Waals surface area contributed by atoms with Crippen LogP contribution in [0.25, 0.3) is 0 Å². The van der Waals surface area contributed by atoms with Crippen molar-refractivity contribution in [2.24, 2.45) is 0 Å². The van der Waals surface area contributed by atoms with Crippen molar-refractivity contribution < 1.29 is 61.6 Å². The highest BCUT2D eigenvalue weighted by atomic mass is 16.6. The topological polar surface area (TPSA) is 120 Å². The maximum absolute atomic E-state index is 5.27. The summed E-state index contributed by atoms with van der Waals surface area (Å²) in [7, 11) is 8.39. The van der Waals surface area contributed by atoms with E-state index in [0.29, 0.717) is 72.7 Å². The molecule has 0 aliphatic rings. The van der Waals surface area contributed by atoms with Crippen LogP contribution in [0.1, 0.15) is 94.4 Å². The summed E-state index contributed by atoms with van der Waals surface area (Å²) in [6.07, 6.45) is 5.46. The van der Waals surface area contributed by atoms with Crippen LogP contribution in [0.4, 0.5) is 0 Å². The zero-order valence-corrected chi connectivity index (χ0v) is 37.7. The van der Waals surface area contributed by atoms with E-state index in [1.165, 1.54) is 0 Å². The molecule has 0 rings (SSSR count). The van der Waals surface area contributed by atoms with Crippen molar-refractivity contribution in [1.29, 1.82) is 0 Å². The van der Waals surface area contributed by atoms with Gasteiger partial charge in [-0.2, -0.15) is 0 Å². The first-order valence-electron chi connectivity index (χ1n) is 20.0. The largest absolute Gasteiger partial charge is 0.385 e. The molecule has 0 atom stereocenters. The highest BCUT2D eigenvalue weighted by Gasteiger charge is 1.91. The van der Waals surface area contributed by atoms with Gasteiger partial charge in [-0.25, -0.2) is 0 Å². The lowest BCUT2D eigenvalue weighted by atomic mass is 10.5. The van der Waals surface area contributed by atoms with Crippen molar-refractivity contribution in [2.45, 2.75) is 94.4 Å². The zero-order chi connectivity index (χ0) is 41.6. The van der Waals surface area contributed by atoms with Crippen molar-refractivity contribution in [3.8, 4) is 0 Å². The van der Waals surface area contributed by atoms with Gasteiger partial charge in [0, 0.05) is 95.0 Å². The third kappa shape index (κ3) is 127. The van der Waals surface area contributed by atoms with Crippen LogP contribution in [0.5, 0.6) is 0 Å². The van der Waals surface area contributed by atoms with Gasteiger partial charge in [0.2, 0.25) is 0 Å². The van der Waals surface area contributed by atoms with E-state index in [1.54, 1.807) is 35.5 Å². The fourth-order valence-corrected chi connectivity index (χ4v) is 2.52. The molecule has 0 spiro atoms. The molecule has 13 heteroatoms. The fraction of sp³-hybridized carbons (Fsp3) is 1.00. The minimum absolute atomic E-state index is 0.622. The summed E-state index contributed by atoms with van der Waals surface area (Å²) in [5, 5.41) is 0. The van der Waals surface area contributed by atoms with Crippen LogP contribution in [0.3, 0.4) is 0 Å². The zero-order valence-electron chi connectivity index (χ0n) is 37.7. The molecule has 0 aromatic heterocycles. The Kier molecular flexibility index (Phi) is 112. The van der Waals surface area contributed by atoms with Crippen molar-refractivity contribution >= 4 is 0 Å². The van der Waals surface area contributed by atoms with Crippen LogP contribution in [-0.4, -0.2) is 174 Å². The lowest BCUT2D eigenvalue weighted by Crippen LogP contribution is -2.11. The molecular weight excluding hydrogens is 688 g/mol. The number of hydrogen-bond acceptors (Lipinski definition) is 13. The van der Waals surface area contributed by atoms with Gasteiger partial charge in [0.15, 0.2) is 0 Å². The van der Waals surface area contributed by atoms with Gasteiger partial charge >= 0.3 is 0 Å². The highest BCUT2D eigenvalue weighted by molar-refractivity contribution is 4.34. The van der Waals surface area contributed by atoms with Crippen LogP contribution >= 0.6 is 0 Å². The van der Waals surface area contributed by atoms with E-state index in [1.807, 2.05) is 27.7 Å². The van der Waals surface area contributed by atoms with E-state index in [4.69, 9.17) is 56.8 Å². The molecule has 53 heavy (non-hydrogen) atoms. The molecule has 0 radical (unpaired) electrons. The molecule has 0 aliphatic carbocycles. The number of ether oxygens (including phenoxy) is 13. The van der Waals surface area contributed by atoms with E-state index in [9.17, 15) is 0 Å². The van der Waals surface area contributed by atoms with Crippen molar-refractivity contribution in [2.75, 3.05) is 174 Å². The Bertz CT molecular complexity index is 413. The number of hydrogen-bond donors (Lipinski definition) is 0. The van der Waals surface area contributed by atoms with Crippen molar-refractivity contribution in [3.05, 3.63) is 0 Å². The summed E-state index contributed by atoms with van der Waals surface area (Å²) in [6, 6.07) is 0. The Morgan fingerprint density at radius 3 is 0.528 bits per heavy atom. The monoisotopic (exact) mass is 783 g/mol. The smallest absolute Gasteiger partial charge is 0.0701 e.